The Morgan fingerprint density at radius 1 is 1.12 bits per heavy atom. The first kappa shape index (κ1) is 20.1. The normalized spacial score (nSPS) is 13.0. The van der Waals surface area contributed by atoms with Crippen LogP contribution in [0.25, 0.3) is 0 Å². The Bertz CT molecular complexity index is 733. The predicted molar refractivity (Wildman–Crippen MR) is 107 cm³/mol. The molecule has 0 aliphatic carbocycles. The van der Waals surface area contributed by atoms with Gasteiger partial charge in [0.2, 0.25) is 0 Å². The average Bonchev–Trinajstić information content (AvgIpc) is 2.63. The lowest BCUT2D eigenvalue weighted by atomic mass is 9.78. The van der Waals surface area contributed by atoms with Crippen molar-refractivity contribution in [2.75, 3.05) is 13.7 Å². The summed E-state index contributed by atoms with van der Waals surface area (Å²) in [5, 5.41) is 10.9. The van der Waals surface area contributed by atoms with Crippen LogP contribution in [0.5, 0.6) is 11.5 Å². The largest absolute Gasteiger partial charge is 0.496 e. The van der Waals surface area contributed by atoms with Crippen LogP contribution in [-0.4, -0.2) is 18.8 Å². The van der Waals surface area contributed by atoms with Gasteiger partial charge in [-0.05, 0) is 43.4 Å². The Hall–Kier alpha value is -2.26. The van der Waals surface area contributed by atoms with Crippen LogP contribution in [0.3, 0.4) is 0 Å². The lowest BCUT2D eigenvalue weighted by molar-refractivity contribution is 0.137. The van der Waals surface area contributed by atoms with Crippen molar-refractivity contribution in [3.05, 3.63) is 71.3 Å². The summed E-state index contributed by atoms with van der Waals surface area (Å²) in [7, 11) is 1.64. The van der Waals surface area contributed by atoms with Crippen molar-refractivity contribution in [2.24, 2.45) is 0 Å². The van der Waals surface area contributed by atoms with Crippen LogP contribution in [0.2, 0.25) is 0 Å². The number of aliphatic hydroxyl groups is 1. The van der Waals surface area contributed by atoms with Gasteiger partial charge in [0.1, 0.15) is 18.1 Å². The van der Waals surface area contributed by atoms with Crippen LogP contribution in [0, 0.1) is 6.92 Å². The Morgan fingerprint density at radius 3 is 2.42 bits per heavy atom. The first-order chi connectivity index (χ1) is 12.4. The van der Waals surface area contributed by atoms with Crippen molar-refractivity contribution in [1.29, 1.82) is 0 Å². The molecule has 0 saturated heterocycles. The van der Waals surface area contributed by atoms with Crippen LogP contribution in [-0.2, 0) is 5.41 Å². The molecule has 1 N–H and O–H groups in total. The smallest absolute Gasteiger partial charge is 0.131 e. The minimum atomic E-state index is -0.622. The lowest BCUT2D eigenvalue weighted by Gasteiger charge is -2.29. The number of hydrogen-bond donors (Lipinski definition) is 1. The molecule has 0 heterocycles. The van der Waals surface area contributed by atoms with Crippen LogP contribution >= 0.6 is 0 Å². The maximum Gasteiger partial charge on any atom is 0.131 e. The molecule has 1 unspecified atom stereocenters. The van der Waals surface area contributed by atoms with Crippen LogP contribution in [0.4, 0.5) is 0 Å². The van der Waals surface area contributed by atoms with Gasteiger partial charge < -0.3 is 14.6 Å². The SMILES string of the molecule is C/C=C\COc1ccc(C(O)CC(C)(C)c2ccccc2)c(OC)c1C. The van der Waals surface area contributed by atoms with Crippen molar-refractivity contribution < 1.29 is 14.6 Å². The van der Waals surface area contributed by atoms with Gasteiger partial charge in [-0.25, -0.2) is 0 Å². The minimum absolute atomic E-state index is 0.152. The third-order valence-electron chi connectivity index (χ3n) is 4.78. The Balaban J connectivity index is 2.25. The maximum atomic E-state index is 10.9. The second-order valence-electron chi connectivity index (χ2n) is 7.16. The van der Waals surface area contributed by atoms with E-state index in [0.29, 0.717) is 18.8 Å². The fraction of sp³-hybridized carbons (Fsp3) is 0.391. The summed E-state index contributed by atoms with van der Waals surface area (Å²) in [4.78, 5) is 0. The molecule has 0 aliphatic heterocycles. The number of hydrogen-bond acceptors (Lipinski definition) is 3. The summed E-state index contributed by atoms with van der Waals surface area (Å²) < 4.78 is 11.4. The monoisotopic (exact) mass is 354 g/mol. The van der Waals surface area contributed by atoms with E-state index in [9.17, 15) is 5.11 Å². The summed E-state index contributed by atoms with van der Waals surface area (Å²) in [6.45, 7) is 8.75. The van der Waals surface area contributed by atoms with E-state index in [0.717, 1.165) is 16.9 Å². The highest BCUT2D eigenvalue weighted by Crippen LogP contribution is 2.40. The zero-order valence-electron chi connectivity index (χ0n) is 16.5. The third kappa shape index (κ3) is 4.67. The highest BCUT2D eigenvalue weighted by atomic mass is 16.5. The molecule has 0 amide bonds. The predicted octanol–water partition coefficient (Wildman–Crippen LogP) is 5.36. The first-order valence-electron chi connectivity index (χ1n) is 9.05. The van der Waals surface area contributed by atoms with Crippen molar-refractivity contribution in [3.63, 3.8) is 0 Å². The zero-order valence-corrected chi connectivity index (χ0v) is 16.5. The Morgan fingerprint density at radius 2 is 1.81 bits per heavy atom. The van der Waals surface area contributed by atoms with Gasteiger partial charge in [0.15, 0.2) is 0 Å². The number of aliphatic hydroxyl groups excluding tert-OH is 1. The highest BCUT2D eigenvalue weighted by Gasteiger charge is 2.27. The van der Waals surface area contributed by atoms with E-state index >= 15 is 0 Å². The van der Waals surface area contributed by atoms with Gasteiger partial charge in [0.25, 0.3) is 0 Å². The molecule has 0 bridgehead atoms. The number of benzene rings is 2. The Labute approximate surface area is 157 Å². The van der Waals surface area contributed by atoms with Gasteiger partial charge in [-0.1, -0.05) is 56.3 Å². The van der Waals surface area contributed by atoms with E-state index in [1.807, 2.05) is 56.3 Å². The van der Waals surface area contributed by atoms with Crippen LogP contribution in [0.15, 0.2) is 54.6 Å². The molecule has 0 aromatic heterocycles. The summed E-state index contributed by atoms with van der Waals surface area (Å²) >= 11 is 0. The summed E-state index contributed by atoms with van der Waals surface area (Å²) in [5.74, 6) is 1.47. The molecular formula is C23H30O3. The van der Waals surface area contributed by atoms with Gasteiger partial charge in [-0.3, -0.25) is 0 Å². The number of rotatable bonds is 8. The molecule has 140 valence electrons. The summed E-state index contributed by atoms with van der Waals surface area (Å²) in [6.07, 6.45) is 3.89. The molecule has 3 heteroatoms. The van der Waals surface area contributed by atoms with Gasteiger partial charge >= 0.3 is 0 Å². The minimum Gasteiger partial charge on any atom is -0.496 e. The quantitative estimate of drug-likeness (QED) is 0.649. The first-order valence-corrected chi connectivity index (χ1v) is 9.05. The van der Waals surface area contributed by atoms with Gasteiger partial charge in [0.05, 0.1) is 13.2 Å². The lowest BCUT2D eigenvalue weighted by Crippen LogP contribution is -2.21. The molecule has 0 radical (unpaired) electrons. The standard InChI is InChI=1S/C23H30O3/c1-6-7-15-26-21-14-13-19(22(25-5)17(21)2)20(24)16-23(3,4)18-11-9-8-10-12-18/h6-14,20,24H,15-16H2,1-5H3/b7-6-. The van der Waals surface area contributed by atoms with E-state index in [4.69, 9.17) is 9.47 Å². The molecule has 0 spiro atoms. The average molecular weight is 354 g/mol. The van der Waals surface area contributed by atoms with Gasteiger partial charge in [-0.2, -0.15) is 0 Å². The molecule has 3 nitrogen and oxygen atoms in total. The van der Waals surface area contributed by atoms with Crippen LogP contribution in [0.1, 0.15) is 50.0 Å². The fourth-order valence-corrected chi connectivity index (χ4v) is 3.22. The fourth-order valence-electron chi connectivity index (χ4n) is 3.22. The number of ether oxygens (including phenoxy) is 2. The van der Waals surface area contributed by atoms with E-state index in [-0.39, 0.29) is 5.41 Å². The molecule has 2 aromatic carbocycles. The van der Waals surface area contributed by atoms with E-state index in [1.165, 1.54) is 5.56 Å². The molecule has 0 fully saturated rings. The van der Waals surface area contributed by atoms with Gasteiger partial charge in [0, 0.05) is 11.1 Å². The topological polar surface area (TPSA) is 38.7 Å². The zero-order chi connectivity index (χ0) is 19.2. The summed E-state index contributed by atoms with van der Waals surface area (Å²) in [6, 6.07) is 14.1. The highest BCUT2D eigenvalue weighted by molar-refractivity contribution is 5.50. The molecular weight excluding hydrogens is 324 g/mol. The molecule has 2 rings (SSSR count). The number of allylic oxidation sites excluding steroid dienone is 1. The molecule has 0 aliphatic rings. The van der Waals surface area contributed by atoms with E-state index < -0.39 is 6.10 Å². The number of methoxy groups -OCH3 is 1. The summed E-state index contributed by atoms with van der Waals surface area (Å²) in [5.41, 5.74) is 2.76. The molecule has 2 aromatic rings. The van der Waals surface area contributed by atoms with Crippen LogP contribution < -0.4 is 9.47 Å². The molecule has 0 saturated carbocycles. The maximum absolute atomic E-state index is 10.9. The second-order valence-corrected chi connectivity index (χ2v) is 7.16. The third-order valence-corrected chi connectivity index (χ3v) is 4.78. The molecule has 26 heavy (non-hydrogen) atoms. The Kier molecular flexibility index (Phi) is 6.87. The van der Waals surface area contributed by atoms with Crippen molar-refractivity contribution in [1.82, 2.24) is 0 Å². The van der Waals surface area contributed by atoms with E-state index in [2.05, 4.69) is 26.0 Å². The van der Waals surface area contributed by atoms with Crippen molar-refractivity contribution >= 4 is 0 Å². The van der Waals surface area contributed by atoms with Crippen molar-refractivity contribution in [2.45, 2.75) is 45.6 Å². The van der Waals surface area contributed by atoms with E-state index in [1.54, 1.807) is 7.11 Å². The second kappa shape index (κ2) is 8.91. The van der Waals surface area contributed by atoms with Gasteiger partial charge in [-0.15, -0.1) is 0 Å². The molecule has 1 atom stereocenters. The van der Waals surface area contributed by atoms with Crippen molar-refractivity contribution in [3.8, 4) is 11.5 Å².